The maximum atomic E-state index is 12.8. The van der Waals surface area contributed by atoms with E-state index in [1.165, 1.54) is 24.4 Å². The summed E-state index contributed by atoms with van der Waals surface area (Å²) < 4.78 is 50.0. The third-order valence-corrected chi connectivity index (χ3v) is 4.93. The predicted molar refractivity (Wildman–Crippen MR) is 134 cm³/mol. The van der Waals surface area contributed by atoms with Crippen molar-refractivity contribution >= 4 is 45.6 Å². The van der Waals surface area contributed by atoms with E-state index in [2.05, 4.69) is 37.1 Å². The Morgan fingerprint density at radius 2 is 1.86 bits per heavy atom. The fourth-order valence-electron chi connectivity index (χ4n) is 2.75. The second-order valence-corrected chi connectivity index (χ2v) is 8.74. The SMILES string of the molecule is CC(C)OCCCNC(=O)C(=O)N/N=C\c1cc(Br)ccc1OCC(=O)Nc1cccc(C(F)(F)F)c1. The van der Waals surface area contributed by atoms with E-state index in [-0.39, 0.29) is 24.1 Å². The Bertz CT molecular complexity index is 1130. The fourth-order valence-corrected chi connectivity index (χ4v) is 3.13. The number of amides is 3. The molecule has 9 nitrogen and oxygen atoms in total. The van der Waals surface area contributed by atoms with Gasteiger partial charge in [-0.15, -0.1) is 0 Å². The number of hydrogen-bond donors (Lipinski definition) is 3. The molecule has 13 heteroatoms. The van der Waals surface area contributed by atoms with Crippen LogP contribution in [0.2, 0.25) is 0 Å². The van der Waals surface area contributed by atoms with Crippen LogP contribution in [-0.4, -0.2) is 49.8 Å². The average Bonchev–Trinajstić information content (AvgIpc) is 2.82. The van der Waals surface area contributed by atoms with Gasteiger partial charge in [0.2, 0.25) is 0 Å². The number of rotatable bonds is 11. The van der Waals surface area contributed by atoms with Gasteiger partial charge in [0.05, 0.1) is 17.9 Å². The molecule has 0 unspecified atom stereocenters. The number of hydrazone groups is 1. The Kier molecular flexibility index (Phi) is 11.5. The zero-order chi connectivity index (χ0) is 27.4. The Morgan fingerprint density at radius 1 is 1.11 bits per heavy atom. The van der Waals surface area contributed by atoms with Crippen molar-refractivity contribution in [2.45, 2.75) is 32.5 Å². The Morgan fingerprint density at radius 3 is 2.57 bits per heavy atom. The van der Waals surface area contributed by atoms with E-state index in [9.17, 15) is 27.6 Å². The molecule has 37 heavy (non-hydrogen) atoms. The van der Waals surface area contributed by atoms with E-state index in [1.807, 2.05) is 13.8 Å². The number of nitrogens with zero attached hydrogens (tertiary/aromatic N) is 1. The van der Waals surface area contributed by atoms with Gasteiger partial charge in [-0.3, -0.25) is 14.4 Å². The molecule has 0 saturated carbocycles. The summed E-state index contributed by atoms with van der Waals surface area (Å²) in [6.07, 6.45) is -2.71. The third-order valence-electron chi connectivity index (χ3n) is 4.44. The number of alkyl halides is 3. The lowest BCUT2D eigenvalue weighted by molar-refractivity contribution is -0.139. The van der Waals surface area contributed by atoms with Crippen LogP contribution < -0.4 is 20.8 Å². The van der Waals surface area contributed by atoms with Crippen molar-refractivity contribution in [2.24, 2.45) is 5.10 Å². The van der Waals surface area contributed by atoms with Crippen molar-refractivity contribution in [3.63, 3.8) is 0 Å². The summed E-state index contributed by atoms with van der Waals surface area (Å²) in [6.45, 7) is 3.98. The van der Waals surface area contributed by atoms with Crippen LogP contribution in [0, 0.1) is 0 Å². The van der Waals surface area contributed by atoms with Crippen molar-refractivity contribution < 1.29 is 37.0 Å². The number of ether oxygens (including phenoxy) is 2. The molecule has 0 saturated heterocycles. The van der Waals surface area contributed by atoms with Crippen LogP contribution in [0.4, 0.5) is 18.9 Å². The van der Waals surface area contributed by atoms with E-state index < -0.39 is 36.1 Å². The molecule has 200 valence electrons. The number of halogens is 4. The monoisotopic (exact) mass is 586 g/mol. The summed E-state index contributed by atoms with van der Waals surface area (Å²) in [5, 5.41) is 8.53. The number of anilines is 1. The van der Waals surface area contributed by atoms with Gasteiger partial charge in [0.1, 0.15) is 5.75 Å². The van der Waals surface area contributed by atoms with Crippen LogP contribution in [0.3, 0.4) is 0 Å². The van der Waals surface area contributed by atoms with Crippen molar-refractivity contribution in [3.8, 4) is 5.75 Å². The second kappa shape index (κ2) is 14.3. The predicted octanol–water partition coefficient (Wildman–Crippen LogP) is 3.87. The highest BCUT2D eigenvalue weighted by Crippen LogP contribution is 2.30. The molecule has 0 heterocycles. The summed E-state index contributed by atoms with van der Waals surface area (Å²) in [5.41, 5.74) is 1.52. The summed E-state index contributed by atoms with van der Waals surface area (Å²) in [4.78, 5) is 35.9. The maximum Gasteiger partial charge on any atom is 0.416 e. The summed E-state index contributed by atoms with van der Waals surface area (Å²) in [5.74, 6) is -2.32. The molecule has 0 aromatic heterocycles. The molecule has 0 atom stereocenters. The maximum absolute atomic E-state index is 12.8. The standard InChI is InChI=1S/C24H26BrF3N4O5/c1-15(2)36-10-4-9-29-22(34)23(35)32-30-13-16-11-18(25)7-8-20(16)37-14-21(33)31-19-6-3-5-17(12-19)24(26,27)28/h3,5-8,11-13,15H,4,9-10,14H2,1-2H3,(H,29,34)(H,31,33)(H,32,35)/b30-13-. The molecule has 0 fully saturated rings. The Labute approximate surface area is 219 Å². The van der Waals surface area contributed by atoms with E-state index in [0.717, 1.165) is 12.1 Å². The topological polar surface area (TPSA) is 118 Å². The van der Waals surface area contributed by atoms with E-state index in [0.29, 0.717) is 23.1 Å². The molecular formula is C24H26BrF3N4O5. The van der Waals surface area contributed by atoms with Crippen LogP contribution >= 0.6 is 15.9 Å². The molecule has 0 aliphatic carbocycles. The molecule has 0 aliphatic heterocycles. The summed E-state index contributed by atoms with van der Waals surface area (Å²) in [7, 11) is 0. The zero-order valence-corrected chi connectivity index (χ0v) is 21.6. The first-order chi connectivity index (χ1) is 17.5. The van der Waals surface area contributed by atoms with Crippen molar-refractivity contribution in [1.29, 1.82) is 0 Å². The summed E-state index contributed by atoms with van der Waals surface area (Å²) >= 11 is 3.29. The van der Waals surface area contributed by atoms with Crippen LogP contribution in [0.5, 0.6) is 5.75 Å². The first kappa shape index (κ1) is 29.8. The van der Waals surface area contributed by atoms with Gasteiger partial charge in [-0.05, 0) is 56.7 Å². The minimum absolute atomic E-state index is 0.0329. The highest BCUT2D eigenvalue weighted by molar-refractivity contribution is 9.10. The molecule has 2 rings (SSSR count). The molecule has 0 spiro atoms. The second-order valence-electron chi connectivity index (χ2n) is 7.83. The van der Waals surface area contributed by atoms with E-state index >= 15 is 0 Å². The summed E-state index contributed by atoms with van der Waals surface area (Å²) in [6, 6.07) is 8.95. The van der Waals surface area contributed by atoms with Gasteiger partial charge in [-0.25, -0.2) is 5.43 Å². The molecule has 2 aromatic carbocycles. The molecular weight excluding hydrogens is 561 g/mol. The smallest absolute Gasteiger partial charge is 0.416 e. The van der Waals surface area contributed by atoms with Crippen LogP contribution in [0.1, 0.15) is 31.4 Å². The molecule has 2 aromatic rings. The van der Waals surface area contributed by atoms with E-state index in [4.69, 9.17) is 9.47 Å². The minimum Gasteiger partial charge on any atom is -0.483 e. The molecule has 0 radical (unpaired) electrons. The third kappa shape index (κ3) is 11.0. The highest BCUT2D eigenvalue weighted by Gasteiger charge is 2.30. The molecule has 0 aliphatic rings. The first-order valence-corrected chi connectivity index (χ1v) is 11.9. The van der Waals surface area contributed by atoms with Gasteiger partial charge >= 0.3 is 18.0 Å². The van der Waals surface area contributed by atoms with Gasteiger partial charge in [0.25, 0.3) is 5.91 Å². The van der Waals surface area contributed by atoms with Gasteiger partial charge < -0.3 is 20.1 Å². The normalized spacial score (nSPS) is 11.4. The quantitative estimate of drug-likeness (QED) is 0.160. The lowest BCUT2D eigenvalue weighted by atomic mass is 10.2. The number of hydrogen-bond acceptors (Lipinski definition) is 6. The fraction of sp³-hybridized carbons (Fsp3) is 0.333. The number of carbonyl (C=O) groups is 3. The number of carbonyl (C=O) groups excluding carboxylic acids is 3. The van der Waals surface area contributed by atoms with Crippen LogP contribution in [-0.2, 0) is 25.3 Å². The highest BCUT2D eigenvalue weighted by atomic mass is 79.9. The van der Waals surface area contributed by atoms with Crippen molar-refractivity contribution in [3.05, 3.63) is 58.1 Å². The molecule has 3 amide bonds. The van der Waals surface area contributed by atoms with E-state index in [1.54, 1.807) is 12.1 Å². The zero-order valence-electron chi connectivity index (χ0n) is 20.0. The number of benzene rings is 2. The largest absolute Gasteiger partial charge is 0.483 e. The van der Waals surface area contributed by atoms with Gasteiger partial charge in [-0.1, -0.05) is 22.0 Å². The van der Waals surface area contributed by atoms with Gasteiger partial charge in [0.15, 0.2) is 6.61 Å². The lowest BCUT2D eigenvalue weighted by Gasteiger charge is -2.12. The molecule has 0 bridgehead atoms. The average molecular weight is 587 g/mol. The first-order valence-electron chi connectivity index (χ1n) is 11.1. The Balaban J connectivity index is 1.89. The lowest BCUT2D eigenvalue weighted by Crippen LogP contribution is -2.38. The minimum atomic E-state index is -4.54. The Hall–Kier alpha value is -3.45. The van der Waals surface area contributed by atoms with Gasteiger partial charge in [-0.2, -0.15) is 18.3 Å². The van der Waals surface area contributed by atoms with Crippen LogP contribution in [0.25, 0.3) is 0 Å². The number of nitrogens with one attached hydrogen (secondary N) is 3. The molecule has 3 N–H and O–H groups in total. The van der Waals surface area contributed by atoms with Gasteiger partial charge in [0, 0.05) is 28.9 Å². The van der Waals surface area contributed by atoms with Crippen molar-refractivity contribution in [1.82, 2.24) is 10.7 Å². The van der Waals surface area contributed by atoms with Crippen LogP contribution in [0.15, 0.2) is 52.0 Å². The van der Waals surface area contributed by atoms with Crippen molar-refractivity contribution in [2.75, 3.05) is 25.1 Å².